The fraction of sp³-hybridized carbons (Fsp3) is 0.821. The number of nitrogens with zero attached hydrogens (tertiary/aromatic N) is 1. The molecule has 4 bridgehead atoms. The van der Waals surface area contributed by atoms with Crippen molar-refractivity contribution in [3.63, 3.8) is 0 Å². The Hall–Kier alpha value is -1.80. The van der Waals surface area contributed by atoms with Crippen LogP contribution in [0.25, 0.3) is 0 Å². The summed E-state index contributed by atoms with van der Waals surface area (Å²) < 4.78 is 21.2. The Kier molecular flexibility index (Phi) is 6.18. The van der Waals surface area contributed by atoms with Crippen LogP contribution in [0.1, 0.15) is 59.8 Å². The zero-order valence-electron chi connectivity index (χ0n) is 22.0. The van der Waals surface area contributed by atoms with E-state index in [4.69, 9.17) is 4.74 Å². The Labute approximate surface area is 213 Å². The van der Waals surface area contributed by atoms with E-state index in [0.29, 0.717) is 13.0 Å². The van der Waals surface area contributed by atoms with Gasteiger partial charge in [-0.1, -0.05) is 33.8 Å². The first kappa shape index (κ1) is 25.8. The minimum atomic E-state index is -1.59. The number of piperidine rings is 1. The minimum absolute atomic E-state index is 0.0201. The van der Waals surface area contributed by atoms with Crippen LogP contribution in [-0.2, 0) is 14.3 Å². The molecule has 0 radical (unpaired) electrons. The molecule has 0 spiro atoms. The van der Waals surface area contributed by atoms with E-state index in [1.807, 2.05) is 27.7 Å². The maximum atomic E-state index is 15.2. The average Bonchev–Trinajstić information content (AvgIpc) is 3.54. The van der Waals surface area contributed by atoms with E-state index in [2.05, 4.69) is 16.8 Å². The Morgan fingerprint density at radius 2 is 1.94 bits per heavy atom. The first-order valence-corrected chi connectivity index (χ1v) is 13.6. The number of alkyl halides is 1. The van der Waals surface area contributed by atoms with Crippen molar-refractivity contribution in [2.75, 3.05) is 19.6 Å². The molecule has 3 aliphatic carbocycles. The van der Waals surface area contributed by atoms with Crippen LogP contribution in [0, 0.1) is 45.8 Å². The van der Waals surface area contributed by atoms with Crippen molar-refractivity contribution in [3.05, 3.63) is 12.7 Å². The van der Waals surface area contributed by atoms with Crippen LogP contribution in [0.4, 0.5) is 9.18 Å². The van der Waals surface area contributed by atoms with Crippen molar-refractivity contribution in [1.29, 1.82) is 0 Å². The molecular formula is C28H41FN2O5. The number of fused-ring (bicyclic) bond motifs is 2. The van der Waals surface area contributed by atoms with Crippen molar-refractivity contribution in [2.24, 2.45) is 45.8 Å². The number of rotatable bonds is 3. The number of ketones is 1. The van der Waals surface area contributed by atoms with Gasteiger partial charge in [-0.15, -0.1) is 6.58 Å². The first-order valence-electron chi connectivity index (χ1n) is 13.6. The normalized spacial score (nSPS) is 51.7. The van der Waals surface area contributed by atoms with E-state index in [9.17, 15) is 19.5 Å². The van der Waals surface area contributed by atoms with E-state index in [1.54, 1.807) is 6.08 Å². The van der Waals surface area contributed by atoms with Crippen LogP contribution < -0.4 is 5.32 Å². The molecule has 0 aromatic rings. The third-order valence-corrected chi connectivity index (χ3v) is 11.4. The summed E-state index contributed by atoms with van der Waals surface area (Å²) >= 11 is 0. The number of Topliss-reactive ketones (excluding diaryl/α,β-unsaturated/α-hetero) is 1. The van der Waals surface area contributed by atoms with Crippen molar-refractivity contribution in [3.8, 4) is 0 Å². The smallest absolute Gasteiger partial charge is 0.414 e. The molecule has 8 heteroatoms. The monoisotopic (exact) mass is 504 g/mol. The first-order chi connectivity index (χ1) is 16.9. The Morgan fingerprint density at radius 1 is 1.22 bits per heavy atom. The number of halogens is 1. The SMILES string of the molecule is C=C[C@]1(C)C[C@@H](OC(=O)NC(=O)[C@H]2CN3CC[C@H]2C3)[C@]2(C)C(C)CC[C@]3(CC(F)C(=O)C32)[C@@H](C)[C@@H]1O. The molecule has 4 unspecified atom stereocenters. The maximum absolute atomic E-state index is 15.2. The summed E-state index contributed by atoms with van der Waals surface area (Å²) in [6, 6.07) is 0. The van der Waals surface area contributed by atoms with Gasteiger partial charge >= 0.3 is 6.09 Å². The molecule has 5 aliphatic rings. The highest BCUT2D eigenvalue weighted by atomic mass is 19.1. The number of ether oxygens (including phenoxy) is 1. The van der Waals surface area contributed by atoms with Crippen LogP contribution >= 0.6 is 0 Å². The van der Waals surface area contributed by atoms with Gasteiger partial charge in [-0.3, -0.25) is 14.9 Å². The average molecular weight is 505 g/mol. The standard InChI is InChI=1S/C28H41FN2O5/c1-6-26(4)12-20(36-25(35)30-24(34)18-14-31-10-8-17(18)13-31)27(5)15(2)7-9-28(16(3)23(26)33)11-19(29)21(32)22(27)28/h6,15-20,22-23,33H,1,7-14H2,2-5H3,(H,30,34,35)/t15?,16-,17-,18-,19?,20+,22?,23-,26+,27-,28-/m0/s1. The Bertz CT molecular complexity index is 974. The molecule has 2 N–H and O–H groups in total. The van der Waals surface area contributed by atoms with E-state index in [-0.39, 0.29) is 42.4 Å². The van der Waals surface area contributed by atoms with Gasteiger partial charge in [0.05, 0.1) is 12.0 Å². The van der Waals surface area contributed by atoms with Gasteiger partial charge < -0.3 is 14.7 Å². The number of carbonyl (C=O) groups excluding carboxylic acids is 3. The van der Waals surface area contributed by atoms with Gasteiger partial charge in [0.2, 0.25) is 5.91 Å². The van der Waals surface area contributed by atoms with Gasteiger partial charge in [-0.05, 0) is 61.8 Å². The van der Waals surface area contributed by atoms with Crippen molar-refractivity contribution in [1.82, 2.24) is 10.2 Å². The number of imide groups is 1. The van der Waals surface area contributed by atoms with Crippen LogP contribution in [0.3, 0.4) is 0 Å². The second-order valence-corrected chi connectivity index (χ2v) is 13.0. The molecule has 2 saturated heterocycles. The van der Waals surface area contributed by atoms with Crippen molar-refractivity contribution in [2.45, 2.75) is 78.2 Å². The molecule has 7 nitrogen and oxygen atoms in total. The lowest BCUT2D eigenvalue weighted by atomic mass is 9.44. The number of alkyl carbamates (subject to hydrolysis) is 1. The maximum Gasteiger partial charge on any atom is 0.414 e. The van der Waals surface area contributed by atoms with E-state index in [1.165, 1.54) is 0 Å². The lowest BCUT2D eigenvalue weighted by Crippen LogP contribution is -2.63. The highest BCUT2D eigenvalue weighted by Crippen LogP contribution is 2.68. The van der Waals surface area contributed by atoms with Crippen molar-refractivity contribution >= 4 is 17.8 Å². The Balaban J connectivity index is 1.48. The fourth-order valence-electron chi connectivity index (χ4n) is 8.88. The largest absolute Gasteiger partial charge is 0.445 e. The molecular weight excluding hydrogens is 463 g/mol. The molecule has 2 aliphatic heterocycles. The molecule has 36 heavy (non-hydrogen) atoms. The summed E-state index contributed by atoms with van der Waals surface area (Å²) in [7, 11) is 0. The number of nitrogens with one attached hydrogen (secondary N) is 1. The van der Waals surface area contributed by atoms with E-state index < -0.39 is 52.4 Å². The molecule has 0 aromatic heterocycles. The molecule has 0 aromatic carbocycles. The predicted octanol–water partition coefficient (Wildman–Crippen LogP) is 3.50. The quantitative estimate of drug-likeness (QED) is 0.571. The number of carbonyl (C=O) groups is 3. The summed E-state index contributed by atoms with van der Waals surface area (Å²) in [4.78, 5) is 41.7. The van der Waals surface area contributed by atoms with E-state index in [0.717, 1.165) is 25.9 Å². The lowest BCUT2D eigenvalue weighted by Gasteiger charge is -2.61. The van der Waals surface area contributed by atoms with Gasteiger partial charge in [-0.25, -0.2) is 9.18 Å². The van der Waals surface area contributed by atoms with Crippen LogP contribution in [-0.4, -0.2) is 65.8 Å². The molecule has 5 fully saturated rings. The number of amides is 2. The number of aliphatic hydroxyl groups is 1. The van der Waals surface area contributed by atoms with E-state index >= 15 is 4.39 Å². The summed E-state index contributed by atoms with van der Waals surface area (Å²) in [6.45, 7) is 14.3. The molecule has 5 rings (SSSR count). The molecule has 2 amide bonds. The lowest BCUT2D eigenvalue weighted by molar-refractivity contribution is -0.191. The van der Waals surface area contributed by atoms with Crippen molar-refractivity contribution < 1.29 is 28.6 Å². The van der Waals surface area contributed by atoms with Crippen LogP contribution in [0.2, 0.25) is 0 Å². The Morgan fingerprint density at radius 3 is 2.56 bits per heavy atom. The van der Waals surface area contributed by atoms with Gasteiger partial charge in [-0.2, -0.15) is 0 Å². The van der Waals surface area contributed by atoms with Crippen LogP contribution in [0.5, 0.6) is 0 Å². The van der Waals surface area contributed by atoms with Gasteiger partial charge in [0.1, 0.15) is 6.10 Å². The molecule has 12 atom stereocenters. The second-order valence-electron chi connectivity index (χ2n) is 13.0. The second kappa shape index (κ2) is 8.62. The predicted molar refractivity (Wildman–Crippen MR) is 131 cm³/mol. The van der Waals surface area contributed by atoms with Gasteiger partial charge in [0.15, 0.2) is 12.0 Å². The number of hydrogen-bond donors (Lipinski definition) is 2. The van der Waals surface area contributed by atoms with Gasteiger partial charge in [0, 0.05) is 29.8 Å². The third kappa shape index (κ3) is 3.53. The topological polar surface area (TPSA) is 95.9 Å². The highest BCUT2D eigenvalue weighted by molar-refractivity contribution is 5.94. The summed E-state index contributed by atoms with van der Waals surface area (Å²) in [6.07, 6.45) is 0.257. The minimum Gasteiger partial charge on any atom is -0.445 e. The van der Waals surface area contributed by atoms with Gasteiger partial charge in [0.25, 0.3) is 0 Å². The van der Waals surface area contributed by atoms with Crippen LogP contribution in [0.15, 0.2) is 12.7 Å². The third-order valence-electron chi connectivity index (χ3n) is 11.4. The summed E-state index contributed by atoms with van der Waals surface area (Å²) in [5, 5.41) is 14.0. The zero-order valence-corrected chi connectivity index (χ0v) is 22.0. The number of hydrogen-bond acceptors (Lipinski definition) is 6. The summed E-state index contributed by atoms with van der Waals surface area (Å²) in [5.41, 5.74) is -2.37. The highest BCUT2D eigenvalue weighted by Gasteiger charge is 2.70. The molecule has 200 valence electrons. The molecule has 3 saturated carbocycles. The zero-order chi connectivity index (χ0) is 26.2. The molecule has 2 heterocycles. The fourth-order valence-corrected chi connectivity index (χ4v) is 8.88. The summed E-state index contributed by atoms with van der Waals surface area (Å²) in [5.74, 6) is -1.75. The number of aliphatic hydroxyl groups excluding tert-OH is 1.